The predicted molar refractivity (Wildman–Crippen MR) is 90.4 cm³/mol. The van der Waals surface area contributed by atoms with Crippen molar-refractivity contribution in [3.05, 3.63) is 64.7 Å². The minimum atomic E-state index is -0.184. The van der Waals surface area contributed by atoms with Gasteiger partial charge in [0.1, 0.15) is 11.6 Å². The topological polar surface area (TPSA) is 46.9 Å². The molecule has 0 saturated heterocycles. The molecule has 4 rings (SSSR count). The number of halogens is 1. The second-order valence-electron chi connectivity index (χ2n) is 6.29. The van der Waals surface area contributed by atoms with E-state index in [0.717, 1.165) is 34.4 Å². The highest BCUT2D eigenvalue weighted by molar-refractivity contribution is 5.97. The van der Waals surface area contributed by atoms with E-state index in [1.54, 1.807) is 12.1 Å². The Morgan fingerprint density at radius 3 is 3.00 bits per heavy atom. The van der Waals surface area contributed by atoms with Gasteiger partial charge in [0.25, 0.3) is 5.91 Å². The van der Waals surface area contributed by atoms with Crippen molar-refractivity contribution in [2.45, 2.75) is 25.8 Å². The van der Waals surface area contributed by atoms with Crippen LogP contribution in [0, 0.1) is 12.7 Å². The largest absolute Gasteiger partial charge is 0.345 e. The molecule has 0 spiro atoms. The third-order valence-electron chi connectivity index (χ3n) is 4.89. The molecular weight excluding hydrogens is 305 g/mol. The van der Waals surface area contributed by atoms with Crippen LogP contribution in [0.5, 0.6) is 0 Å². The first-order valence-corrected chi connectivity index (χ1v) is 8.06. The fourth-order valence-electron chi connectivity index (χ4n) is 3.45. The number of fused-ring (bicyclic) bond motifs is 2. The molecule has 1 heterocycles. The third-order valence-corrected chi connectivity index (χ3v) is 4.89. The number of aromatic nitrogens is 2. The van der Waals surface area contributed by atoms with Gasteiger partial charge < -0.3 is 9.88 Å². The molecule has 4 nitrogen and oxygen atoms in total. The Kier molecular flexibility index (Phi) is 3.37. The normalized spacial score (nSPS) is 16.4. The summed E-state index contributed by atoms with van der Waals surface area (Å²) >= 11 is 0. The van der Waals surface area contributed by atoms with Crippen molar-refractivity contribution in [2.24, 2.45) is 7.05 Å². The summed E-state index contributed by atoms with van der Waals surface area (Å²) in [6, 6.07) is 10.4. The first-order valence-electron chi connectivity index (χ1n) is 8.06. The minimum Gasteiger partial charge on any atom is -0.345 e. The molecule has 5 heteroatoms. The Labute approximate surface area is 139 Å². The van der Waals surface area contributed by atoms with E-state index >= 15 is 0 Å². The van der Waals surface area contributed by atoms with E-state index in [2.05, 4.69) is 10.3 Å². The summed E-state index contributed by atoms with van der Waals surface area (Å²) in [4.78, 5) is 17.1. The van der Waals surface area contributed by atoms with Gasteiger partial charge in [-0.15, -0.1) is 0 Å². The Hall–Kier alpha value is -2.69. The van der Waals surface area contributed by atoms with Gasteiger partial charge in [0, 0.05) is 12.6 Å². The molecule has 3 aromatic rings. The standard InChI is InChI=1S/C19H18FN3O/c1-11-21-17-8-6-12(10-18(17)23(11)2)19(24)22-16-9-7-13-14(16)4-3-5-15(13)20/h3-6,8,10,16H,7,9H2,1-2H3,(H,22,24). The number of nitrogens with one attached hydrogen (secondary N) is 1. The van der Waals surface area contributed by atoms with Crippen molar-refractivity contribution >= 4 is 16.9 Å². The van der Waals surface area contributed by atoms with Crippen molar-refractivity contribution in [3.8, 4) is 0 Å². The van der Waals surface area contributed by atoms with Gasteiger partial charge in [0.2, 0.25) is 0 Å². The summed E-state index contributed by atoms with van der Waals surface area (Å²) in [6.45, 7) is 1.93. The van der Waals surface area contributed by atoms with Crippen LogP contribution in [0.3, 0.4) is 0 Å². The molecule has 1 aromatic heterocycles. The monoisotopic (exact) mass is 323 g/mol. The fraction of sp³-hybridized carbons (Fsp3) is 0.263. The molecule has 1 N–H and O–H groups in total. The highest BCUT2D eigenvalue weighted by atomic mass is 19.1. The van der Waals surface area contributed by atoms with Gasteiger partial charge >= 0.3 is 0 Å². The molecule has 122 valence electrons. The van der Waals surface area contributed by atoms with E-state index in [4.69, 9.17) is 0 Å². The number of rotatable bonds is 2. The molecule has 1 atom stereocenters. The van der Waals surface area contributed by atoms with E-state index in [1.807, 2.05) is 36.7 Å². The average molecular weight is 323 g/mol. The maximum Gasteiger partial charge on any atom is 0.251 e. The molecule has 2 aromatic carbocycles. The summed E-state index contributed by atoms with van der Waals surface area (Å²) in [5.74, 6) is 0.580. The molecule has 1 aliphatic carbocycles. The van der Waals surface area contributed by atoms with E-state index in [9.17, 15) is 9.18 Å². The van der Waals surface area contributed by atoms with Crippen molar-refractivity contribution in [1.29, 1.82) is 0 Å². The molecule has 0 saturated carbocycles. The lowest BCUT2D eigenvalue weighted by molar-refractivity contribution is 0.0937. The van der Waals surface area contributed by atoms with Crippen LogP contribution in [0.15, 0.2) is 36.4 Å². The summed E-state index contributed by atoms with van der Waals surface area (Å²) in [6.07, 6.45) is 1.39. The Balaban J connectivity index is 1.62. The second-order valence-corrected chi connectivity index (χ2v) is 6.29. The van der Waals surface area contributed by atoms with Crippen LogP contribution in [0.4, 0.5) is 4.39 Å². The molecular formula is C19H18FN3O. The van der Waals surface area contributed by atoms with Crippen molar-refractivity contribution in [1.82, 2.24) is 14.9 Å². The molecule has 0 aliphatic heterocycles. The van der Waals surface area contributed by atoms with Crippen molar-refractivity contribution in [3.63, 3.8) is 0 Å². The number of hydrogen-bond donors (Lipinski definition) is 1. The van der Waals surface area contributed by atoms with Crippen LogP contribution in [0.25, 0.3) is 11.0 Å². The van der Waals surface area contributed by atoms with Crippen LogP contribution in [-0.2, 0) is 13.5 Å². The quantitative estimate of drug-likeness (QED) is 0.785. The number of benzene rings is 2. The Bertz CT molecular complexity index is 961. The number of amides is 1. The van der Waals surface area contributed by atoms with Gasteiger partial charge in [-0.25, -0.2) is 9.37 Å². The smallest absolute Gasteiger partial charge is 0.251 e. The third kappa shape index (κ3) is 2.28. The lowest BCUT2D eigenvalue weighted by atomic mass is 10.1. The number of hydrogen-bond acceptors (Lipinski definition) is 2. The highest BCUT2D eigenvalue weighted by Crippen LogP contribution is 2.32. The number of carbonyl (C=O) groups is 1. The van der Waals surface area contributed by atoms with Crippen LogP contribution in [0.2, 0.25) is 0 Å². The first kappa shape index (κ1) is 14.9. The molecule has 1 amide bonds. The molecule has 1 unspecified atom stereocenters. The second kappa shape index (κ2) is 5.44. The molecule has 24 heavy (non-hydrogen) atoms. The Morgan fingerprint density at radius 2 is 2.17 bits per heavy atom. The van der Waals surface area contributed by atoms with E-state index in [1.165, 1.54) is 6.07 Å². The van der Waals surface area contributed by atoms with E-state index in [-0.39, 0.29) is 17.8 Å². The van der Waals surface area contributed by atoms with Crippen molar-refractivity contribution in [2.75, 3.05) is 0 Å². The van der Waals surface area contributed by atoms with Crippen LogP contribution in [0.1, 0.15) is 39.8 Å². The zero-order valence-corrected chi connectivity index (χ0v) is 13.6. The maximum absolute atomic E-state index is 13.8. The molecule has 1 aliphatic rings. The first-order chi connectivity index (χ1) is 11.5. The summed E-state index contributed by atoms with van der Waals surface area (Å²) in [5.41, 5.74) is 4.01. The van der Waals surface area contributed by atoms with Gasteiger partial charge in [-0.3, -0.25) is 4.79 Å². The van der Waals surface area contributed by atoms with E-state index < -0.39 is 0 Å². The van der Waals surface area contributed by atoms with Crippen LogP contribution >= 0.6 is 0 Å². The van der Waals surface area contributed by atoms with Gasteiger partial charge in [0.15, 0.2) is 0 Å². The minimum absolute atomic E-state index is 0.132. The number of imidazole rings is 1. The number of carbonyl (C=O) groups excluding carboxylic acids is 1. The number of nitrogens with zero attached hydrogens (tertiary/aromatic N) is 2. The van der Waals surface area contributed by atoms with Crippen LogP contribution in [-0.4, -0.2) is 15.5 Å². The van der Waals surface area contributed by atoms with Crippen molar-refractivity contribution < 1.29 is 9.18 Å². The SMILES string of the molecule is Cc1nc2ccc(C(=O)NC3CCc4c(F)cccc43)cc2n1C. The molecule has 0 fully saturated rings. The van der Waals surface area contributed by atoms with Gasteiger partial charge in [-0.1, -0.05) is 12.1 Å². The average Bonchev–Trinajstić information content (AvgIpc) is 3.10. The van der Waals surface area contributed by atoms with Crippen LogP contribution < -0.4 is 5.32 Å². The van der Waals surface area contributed by atoms with Gasteiger partial charge in [-0.2, -0.15) is 0 Å². The van der Waals surface area contributed by atoms with Gasteiger partial charge in [0.05, 0.1) is 17.1 Å². The van der Waals surface area contributed by atoms with Gasteiger partial charge in [-0.05, 0) is 55.2 Å². The summed E-state index contributed by atoms with van der Waals surface area (Å²) in [5, 5.41) is 3.03. The lowest BCUT2D eigenvalue weighted by Gasteiger charge is -2.14. The zero-order chi connectivity index (χ0) is 16.8. The highest BCUT2D eigenvalue weighted by Gasteiger charge is 2.26. The summed E-state index contributed by atoms with van der Waals surface area (Å²) < 4.78 is 15.8. The molecule has 0 radical (unpaired) electrons. The summed E-state index contributed by atoms with van der Waals surface area (Å²) in [7, 11) is 1.93. The van der Waals surface area contributed by atoms with E-state index in [0.29, 0.717) is 12.0 Å². The lowest BCUT2D eigenvalue weighted by Crippen LogP contribution is -2.27. The Morgan fingerprint density at radius 1 is 1.33 bits per heavy atom. The molecule has 0 bridgehead atoms. The maximum atomic E-state index is 13.8. The fourth-order valence-corrected chi connectivity index (χ4v) is 3.45. The number of aryl methyl sites for hydroxylation is 2. The predicted octanol–water partition coefficient (Wildman–Crippen LogP) is 3.44. The zero-order valence-electron chi connectivity index (χ0n) is 13.6.